The molecule has 0 heterocycles. The van der Waals surface area contributed by atoms with Gasteiger partial charge in [-0.1, -0.05) is 60.7 Å². The standard InChI is InChI=1S/C32H30O9/c33-27-15-25(31(35)40-21-23-7-3-1-4-8-23)17-29(19-27)38-13-11-37-12-14-39-30-18-26(16-28(34)20-30)32(36)41-22-24-9-5-2-6-10-24/h1-10,15-20,33-34H,11-14,21-22H2. The van der Waals surface area contributed by atoms with Gasteiger partial charge >= 0.3 is 11.9 Å². The Kier molecular flexibility index (Phi) is 10.6. The van der Waals surface area contributed by atoms with Gasteiger partial charge in [-0.15, -0.1) is 0 Å². The van der Waals surface area contributed by atoms with Crippen LogP contribution >= 0.6 is 0 Å². The van der Waals surface area contributed by atoms with E-state index in [0.29, 0.717) is 11.5 Å². The Morgan fingerprint density at radius 2 is 0.951 bits per heavy atom. The maximum absolute atomic E-state index is 12.4. The molecule has 9 nitrogen and oxygen atoms in total. The molecule has 4 rings (SSSR count). The van der Waals surface area contributed by atoms with Gasteiger partial charge < -0.3 is 33.9 Å². The predicted octanol–water partition coefficient (Wildman–Crippen LogP) is 5.29. The summed E-state index contributed by atoms with van der Waals surface area (Å²) in [6, 6.07) is 26.9. The monoisotopic (exact) mass is 558 g/mol. The van der Waals surface area contributed by atoms with Gasteiger partial charge in [0.25, 0.3) is 0 Å². The van der Waals surface area contributed by atoms with Crippen LogP contribution in [-0.2, 0) is 27.4 Å². The molecule has 0 aliphatic rings. The molecule has 0 aliphatic carbocycles. The van der Waals surface area contributed by atoms with Crippen molar-refractivity contribution >= 4 is 11.9 Å². The molecule has 212 valence electrons. The number of carbonyl (C=O) groups is 2. The lowest BCUT2D eigenvalue weighted by atomic mass is 10.2. The van der Waals surface area contributed by atoms with Gasteiger partial charge in [0.1, 0.15) is 49.4 Å². The van der Waals surface area contributed by atoms with E-state index in [0.717, 1.165) is 11.1 Å². The molecule has 2 N–H and O–H groups in total. The molecule has 9 heteroatoms. The predicted molar refractivity (Wildman–Crippen MR) is 149 cm³/mol. The van der Waals surface area contributed by atoms with Crippen molar-refractivity contribution in [2.45, 2.75) is 13.2 Å². The van der Waals surface area contributed by atoms with E-state index in [1.54, 1.807) is 0 Å². The second-order valence-electron chi connectivity index (χ2n) is 8.86. The van der Waals surface area contributed by atoms with Crippen molar-refractivity contribution in [1.29, 1.82) is 0 Å². The van der Waals surface area contributed by atoms with E-state index in [9.17, 15) is 19.8 Å². The number of rotatable bonds is 14. The summed E-state index contributed by atoms with van der Waals surface area (Å²) in [5.41, 5.74) is 2.04. The minimum Gasteiger partial charge on any atom is -0.508 e. The van der Waals surface area contributed by atoms with Crippen LogP contribution in [0.2, 0.25) is 0 Å². The second-order valence-corrected chi connectivity index (χ2v) is 8.86. The molecule has 4 aromatic rings. The van der Waals surface area contributed by atoms with Crippen LogP contribution in [0.15, 0.2) is 97.1 Å². The first-order valence-corrected chi connectivity index (χ1v) is 12.9. The molecular weight excluding hydrogens is 528 g/mol. The van der Waals surface area contributed by atoms with E-state index in [1.807, 2.05) is 60.7 Å². The summed E-state index contributed by atoms with van der Waals surface area (Å²) in [5.74, 6) is -0.827. The Hall–Kier alpha value is -5.02. The number of hydrogen-bond acceptors (Lipinski definition) is 9. The number of carbonyl (C=O) groups excluding carboxylic acids is 2. The second kappa shape index (κ2) is 14.9. The topological polar surface area (TPSA) is 121 Å². The van der Waals surface area contributed by atoms with E-state index in [-0.39, 0.29) is 62.3 Å². The molecule has 0 saturated heterocycles. The molecule has 41 heavy (non-hydrogen) atoms. The van der Waals surface area contributed by atoms with E-state index in [4.69, 9.17) is 23.7 Å². The fraction of sp³-hybridized carbons (Fsp3) is 0.188. The lowest BCUT2D eigenvalue weighted by molar-refractivity contribution is 0.0463. The minimum absolute atomic E-state index is 0.115. The first-order chi connectivity index (χ1) is 20.0. The first-order valence-electron chi connectivity index (χ1n) is 12.9. The van der Waals surface area contributed by atoms with E-state index < -0.39 is 11.9 Å². The third-order valence-corrected chi connectivity index (χ3v) is 5.67. The largest absolute Gasteiger partial charge is 0.508 e. The third kappa shape index (κ3) is 9.59. The average Bonchev–Trinajstić information content (AvgIpc) is 2.98. The zero-order chi connectivity index (χ0) is 28.9. The van der Waals surface area contributed by atoms with Crippen molar-refractivity contribution < 1.29 is 43.5 Å². The Morgan fingerprint density at radius 3 is 1.37 bits per heavy atom. The van der Waals surface area contributed by atoms with E-state index in [1.165, 1.54) is 36.4 Å². The summed E-state index contributed by atoms with van der Waals surface area (Å²) in [7, 11) is 0. The molecule has 0 aromatic heterocycles. The molecule has 0 saturated carbocycles. The van der Waals surface area contributed by atoms with E-state index in [2.05, 4.69) is 0 Å². The maximum atomic E-state index is 12.4. The van der Waals surface area contributed by atoms with Crippen LogP contribution in [0, 0.1) is 0 Å². The Balaban J connectivity index is 1.16. The minimum atomic E-state index is -0.581. The molecule has 0 spiro atoms. The van der Waals surface area contributed by atoms with Crippen molar-refractivity contribution in [2.24, 2.45) is 0 Å². The summed E-state index contributed by atoms with van der Waals surface area (Å²) >= 11 is 0. The number of benzene rings is 4. The maximum Gasteiger partial charge on any atom is 0.338 e. The molecule has 0 radical (unpaired) electrons. The van der Waals surface area contributed by atoms with Crippen molar-refractivity contribution in [3.8, 4) is 23.0 Å². The van der Waals surface area contributed by atoms with Gasteiger partial charge in [0.15, 0.2) is 0 Å². The SMILES string of the molecule is O=C(OCc1ccccc1)c1cc(O)cc(OCCOCCOc2cc(O)cc(C(=O)OCc3ccccc3)c2)c1. The van der Waals surface area contributed by atoms with Crippen LogP contribution in [0.1, 0.15) is 31.8 Å². The summed E-state index contributed by atoms with van der Waals surface area (Å²) < 4.78 is 27.3. The van der Waals surface area contributed by atoms with Gasteiger partial charge in [-0.3, -0.25) is 0 Å². The lowest BCUT2D eigenvalue weighted by Gasteiger charge is -2.11. The Morgan fingerprint density at radius 1 is 0.537 bits per heavy atom. The van der Waals surface area contributed by atoms with Gasteiger partial charge in [-0.2, -0.15) is 0 Å². The molecule has 0 bridgehead atoms. The Bertz CT molecular complexity index is 1310. The number of ether oxygens (including phenoxy) is 5. The van der Waals surface area contributed by atoms with Crippen molar-refractivity contribution in [2.75, 3.05) is 26.4 Å². The summed E-state index contributed by atoms with van der Waals surface area (Å²) in [6.07, 6.45) is 0. The number of hydrogen-bond donors (Lipinski definition) is 2. The highest BCUT2D eigenvalue weighted by Gasteiger charge is 2.13. The summed E-state index contributed by atoms with van der Waals surface area (Å²) in [5, 5.41) is 20.0. The van der Waals surface area contributed by atoms with Crippen LogP contribution in [0.3, 0.4) is 0 Å². The summed E-state index contributed by atoms with van der Waals surface area (Å²) in [4.78, 5) is 24.8. The van der Waals surface area contributed by atoms with Gasteiger partial charge in [-0.25, -0.2) is 9.59 Å². The quantitative estimate of drug-likeness (QED) is 0.157. The normalized spacial score (nSPS) is 10.5. The van der Waals surface area contributed by atoms with Crippen LogP contribution < -0.4 is 9.47 Å². The molecular formula is C32H30O9. The number of phenols is 2. The average molecular weight is 559 g/mol. The number of phenolic OH excluding ortho intramolecular Hbond substituents is 2. The highest BCUT2D eigenvalue weighted by Crippen LogP contribution is 2.24. The Labute approximate surface area is 237 Å². The number of aromatic hydroxyl groups is 2. The van der Waals surface area contributed by atoms with E-state index >= 15 is 0 Å². The van der Waals surface area contributed by atoms with Crippen LogP contribution in [-0.4, -0.2) is 48.6 Å². The first kappa shape index (κ1) is 29.0. The van der Waals surface area contributed by atoms with Crippen LogP contribution in [0.25, 0.3) is 0 Å². The van der Waals surface area contributed by atoms with Gasteiger partial charge in [-0.05, 0) is 35.4 Å². The molecule has 0 fully saturated rings. The van der Waals surface area contributed by atoms with Crippen molar-refractivity contribution in [1.82, 2.24) is 0 Å². The molecule has 0 unspecified atom stereocenters. The fourth-order valence-electron chi connectivity index (χ4n) is 3.72. The molecule has 0 aliphatic heterocycles. The fourth-order valence-corrected chi connectivity index (χ4v) is 3.72. The highest BCUT2D eigenvalue weighted by molar-refractivity contribution is 5.91. The van der Waals surface area contributed by atoms with Gasteiger partial charge in [0.2, 0.25) is 0 Å². The third-order valence-electron chi connectivity index (χ3n) is 5.67. The lowest BCUT2D eigenvalue weighted by Crippen LogP contribution is -2.13. The van der Waals surface area contributed by atoms with Gasteiger partial charge in [0.05, 0.1) is 24.3 Å². The summed E-state index contributed by atoms with van der Waals surface area (Å²) in [6.45, 7) is 0.970. The smallest absolute Gasteiger partial charge is 0.338 e. The molecule has 0 atom stereocenters. The van der Waals surface area contributed by atoms with Crippen LogP contribution in [0.4, 0.5) is 0 Å². The van der Waals surface area contributed by atoms with Gasteiger partial charge in [0, 0.05) is 12.1 Å². The zero-order valence-corrected chi connectivity index (χ0v) is 22.2. The number of esters is 2. The van der Waals surface area contributed by atoms with Crippen molar-refractivity contribution in [3.63, 3.8) is 0 Å². The van der Waals surface area contributed by atoms with Crippen molar-refractivity contribution in [3.05, 3.63) is 119 Å². The zero-order valence-electron chi connectivity index (χ0n) is 22.2. The molecule has 4 aromatic carbocycles. The highest BCUT2D eigenvalue weighted by atomic mass is 16.5. The molecule has 0 amide bonds. The van der Waals surface area contributed by atoms with Crippen LogP contribution in [0.5, 0.6) is 23.0 Å².